The monoisotopic (exact) mass is 434 g/mol. The van der Waals surface area contributed by atoms with Gasteiger partial charge >= 0.3 is 0 Å². The van der Waals surface area contributed by atoms with Gasteiger partial charge in [0.1, 0.15) is 23.5 Å². The summed E-state index contributed by atoms with van der Waals surface area (Å²) in [5, 5.41) is 13.7. The molecule has 1 aliphatic rings. The maximum absolute atomic E-state index is 13.1. The van der Waals surface area contributed by atoms with Crippen LogP contribution in [0.4, 0.5) is 14.6 Å². The van der Waals surface area contributed by atoms with Gasteiger partial charge in [-0.15, -0.1) is 0 Å². The summed E-state index contributed by atoms with van der Waals surface area (Å²) in [5.74, 6) is 0.703. The Bertz CT molecular complexity index is 1020. The average molecular weight is 434 g/mol. The highest BCUT2D eigenvalue weighted by molar-refractivity contribution is 5.62. The van der Waals surface area contributed by atoms with Crippen molar-refractivity contribution in [3.05, 3.63) is 36.4 Å². The molecule has 2 atom stereocenters. The van der Waals surface area contributed by atoms with Gasteiger partial charge in [0.25, 0.3) is 6.43 Å². The molecule has 0 aromatic carbocycles. The Morgan fingerprint density at radius 3 is 2.84 bits per heavy atom. The Balaban J connectivity index is 1.60. The van der Waals surface area contributed by atoms with Crippen molar-refractivity contribution < 1.29 is 23.4 Å². The predicted molar refractivity (Wildman–Crippen MR) is 108 cm³/mol. The van der Waals surface area contributed by atoms with Crippen LogP contribution in [0.2, 0.25) is 0 Å². The van der Waals surface area contributed by atoms with Crippen LogP contribution in [0.5, 0.6) is 0 Å². The number of fused-ring (bicyclic) bond motifs is 1. The summed E-state index contributed by atoms with van der Waals surface area (Å²) in [6.45, 7) is 2.25. The molecule has 0 radical (unpaired) electrons. The van der Waals surface area contributed by atoms with Gasteiger partial charge < -0.3 is 19.5 Å². The van der Waals surface area contributed by atoms with Crippen molar-refractivity contribution in [2.75, 3.05) is 44.9 Å². The van der Waals surface area contributed by atoms with E-state index >= 15 is 0 Å². The Kier molecular flexibility index (Phi) is 6.64. The van der Waals surface area contributed by atoms with Gasteiger partial charge in [-0.05, 0) is 18.6 Å². The van der Waals surface area contributed by atoms with E-state index in [-0.39, 0.29) is 24.3 Å². The normalized spacial score (nSPS) is 19.5. The van der Waals surface area contributed by atoms with Crippen LogP contribution in [0.3, 0.4) is 0 Å². The smallest absolute Gasteiger partial charge is 0.282 e. The van der Waals surface area contributed by atoms with Crippen LogP contribution in [-0.4, -0.2) is 75.8 Å². The second-order valence-electron chi connectivity index (χ2n) is 7.41. The fraction of sp³-hybridized carbons (Fsp3) is 0.500. The largest absolute Gasteiger partial charge is 0.396 e. The molecule has 3 aromatic heterocycles. The quantitative estimate of drug-likeness (QED) is 0.538. The summed E-state index contributed by atoms with van der Waals surface area (Å²) in [5.41, 5.74) is 1.12. The first kappa shape index (κ1) is 21.5. The van der Waals surface area contributed by atoms with Crippen molar-refractivity contribution in [1.82, 2.24) is 24.6 Å². The number of ether oxygens (including phenoxy) is 2. The second kappa shape index (κ2) is 9.58. The number of nitrogens with zero attached hydrogens (tertiary/aromatic N) is 6. The van der Waals surface area contributed by atoms with Crippen molar-refractivity contribution in [3.63, 3.8) is 0 Å². The first-order valence-electron chi connectivity index (χ1n) is 10.0. The molecule has 0 bridgehead atoms. The maximum atomic E-state index is 13.1. The van der Waals surface area contributed by atoms with E-state index < -0.39 is 6.43 Å². The van der Waals surface area contributed by atoms with Crippen molar-refractivity contribution in [2.45, 2.75) is 19.0 Å². The first-order chi connectivity index (χ1) is 15.1. The molecule has 9 nitrogen and oxygen atoms in total. The first-order valence-corrected chi connectivity index (χ1v) is 10.0. The number of halogens is 2. The number of aliphatic hydroxyl groups is 1. The minimum atomic E-state index is -2.68. The number of methoxy groups -OCH3 is 1. The SMILES string of the molecule is COCCOC1CC(CO)CN(c2cc(-c3cnc4ccc(C(F)F)nn34)ncn2)C1. The lowest BCUT2D eigenvalue weighted by atomic mass is 9.96. The van der Waals surface area contributed by atoms with E-state index in [1.807, 2.05) is 4.90 Å². The van der Waals surface area contributed by atoms with E-state index in [0.29, 0.717) is 49.2 Å². The zero-order valence-corrected chi connectivity index (χ0v) is 17.1. The number of alkyl halides is 2. The van der Waals surface area contributed by atoms with Crippen molar-refractivity contribution in [3.8, 4) is 11.4 Å². The van der Waals surface area contributed by atoms with Crippen molar-refractivity contribution >= 4 is 11.5 Å². The van der Waals surface area contributed by atoms with Gasteiger partial charge in [0.15, 0.2) is 5.65 Å². The number of piperidine rings is 1. The fourth-order valence-corrected chi connectivity index (χ4v) is 3.73. The third kappa shape index (κ3) is 4.78. The second-order valence-corrected chi connectivity index (χ2v) is 7.41. The van der Waals surface area contributed by atoms with Gasteiger partial charge in [-0.2, -0.15) is 5.10 Å². The summed E-state index contributed by atoms with van der Waals surface area (Å²) in [6, 6.07) is 4.53. The Labute approximate surface area is 177 Å². The summed E-state index contributed by atoms with van der Waals surface area (Å²) in [7, 11) is 1.62. The summed E-state index contributed by atoms with van der Waals surface area (Å²) < 4.78 is 38.5. The Morgan fingerprint density at radius 1 is 1.19 bits per heavy atom. The van der Waals surface area contributed by atoms with E-state index in [4.69, 9.17) is 9.47 Å². The van der Waals surface area contributed by atoms with Gasteiger partial charge in [0, 0.05) is 38.8 Å². The molecule has 166 valence electrons. The zero-order valence-electron chi connectivity index (χ0n) is 17.1. The molecule has 4 heterocycles. The van der Waals surface area contributed by atoms with E-state index in [9.17, 15) is 13.9 Å². The fourth-order valence-electron chi connectivity index (χ4n) is 3.73. The van der Waals surface area contributed by atoms with E-state index in [1.165, 1.54) is 23.0 Å². The third-order valence-corrected chi connectivity index (χ3v) is 5.24. The Hall–Kier alpha value is -2.76. The number of anilines is 1. The number of rotatable bonds is 8. The van der Waals surface area contributed by atoms with Gasteiger partial charge in [-0.3, -0.25) is 0 Å². The van der Waals surface area contributed by atoms with Gasteiger partial charge in [-0.1, -0.05) is 0 Å². The molecule has 1 N–H and O–H groups in total. The number of hydrogen-bond acceptors (Lipinski definition) is 8. The minimum absolute atomic E-state index is 0.0470. The molecule has 0 spiro atoms. The lowest BCUT2D eigenvalue weighted by Crippen LogP contribution is -2.46. The molecule has 0 amide bonds. The van der Waals surface area contributed by atoms with Crippen LogP contribution in [0, 0.1) is 5.92 Å². The van der Waals surface area contributed by atoms with Crippen LogP contribution in [-0.2, 0) is 9.47 Å². The molecular weight excluding hydrogens is 410 g/mol. The van der Waals surface area contributed by atoms with E-state index in [1.54, 1.807) is 19.4 Å². The predicted octanol–water partition coefficient (Wildman–Crippen LogP) is 1.97. The minimum Gasteiger partial charge on any atom is -0.396 e. The summed E-state index contributed by atoms with van der Waals surface area (Å²) in [4.78, 5) is 14.9. The molecule has 1 aliphatic heterocycles. The Morgan fingerprint density at radius 2 is 2.06 bits per heavy atom. The van der Waals surface area contributed by atoms with Crippen molar-refractivity contribution in [1.29, 1.82) is 0 Å². The lowest BCUT2D eigenvalue weighted by Gasteiger charge is -2.37. The summed E-state index contributed by atoms with van der Waals surface area (Å²) in [6.07, 6.45) is 0.977. The molecule has 1 saturated heterocycles. The molecule has 2 unspecified atom stereocenters. The topological polar surface area (TPSA) is 97.9 Å². The van der Waals surface area contributed by atoms with E-state index in [2.05, 4.69) is 20.1 Å². The molecule has 3 aromatic rings. The molecule has 0 aliphatic carbocycles. The van der Waals surface area contributed by atoms with E-state index in [0.717, 1.165) is 6.42 Å². The standard InChI is InChI=1S/C20H24F2N6O3/c1-30-4-5-31-14-6-13(11-29)9-27(10-14)19-7-16(24-12-25-19)17-8-23-18-3-2-15(20(21)22)26-28(17)18/h2-3,7-8,12-14,20,29H,4-6,9-11H2,1H3. The van der Waals surface area contributed by atoms with Crippen LogP contribution in [0.1, 0.15) is 18.5 Å². The van der Waals surface area contributed by atoms with Crippen molar-refractivity contribution in [2.24, 2.45) is 5.92 Å². The molecular formula is C20H24F2N6O3. The number of aromatic nitrogens is 5. The highest BCUT2D eigenvalue weighted by Crippen LogP contribution is 2.27. The number of hydrogen-bond donors (Lipinski definition) is 1. The zero-order chi connectivity index (χ0) is 21.8. The molecule has 0 saturated carbocycles. The summed E-state index contributed by atoms with van der Waals surface area (Å²) >= 11 is 0. The molecule has 31 heavy (non-hydrogen) atoms. The van der Waals surface area contributed by atoms with Crippen LogP contribution in [0.15, 0.2) is 30.7 Å². The van der Waals surface area contributed by atoms with Crippen LogP contribution >= 0.6 is 0 Å². The molecule has 11 heteroatoms. The highest BCUT2D eigenvalue weighted by atomic mass is 19.3. The number of aliphatic hydroxyl groups excluding tert-OH is 1. The molecule has 1 fully saturated rings. The van der Waals surface area contributed by atoms with Crippen LogP contribution in [0.25, 0.3) is 17.0 Å². The van der Waals surface area contributed by atoms with Gasteiger partial charge in [0.05, 0.1) is 31.2 Å². The third-order valence-electron chi connectivity index (χ3n) is 5.24. The highest BCUT2D eigenvalue weighted by Gasteiger charge is 2.28. The number of imidazole rings is 1. The average Bonchev–Trinajstić information content (AvgIpc) is 3.22. The lowest BCUT2D eigenvalue weighted by molar-refractivity contribution is -0.00406. The maximum Gasteiger partial charge on any atom is 0.282 e. The van der Waals surface area contributed by atoms with Gasteiger partial charge in [0.2, 0.25) is 0 Å². The molecule has 4 rings (SSSR count). The van der Waals surface area contributed by atoms with Crippen LogP contribution < -0.4 is 4.90 Å². The van der Waals surface area contributed by atoms with Gasteiger partial charge in [-0.25, -0.2) is 28.2 Å².